The highest BCUT2D eigenvalue weighted by molar-refractivity contribution is 5.76. The molecule has 24 heavy (non-hydrogen) atoms. The summed E-state index contributed by atoms with van der Waals surface area (Å²) in [5.74, 6) is 0.0596. The monoisotopic (exact) mass is 325 g/mol. The predicted molar refractivity (Wildman–Crippen MR) is 93.1 cm³/mol. The average molecular weight is 325 g/mol. The number of nitrogens with one attached hydrogen (secondary N) is 2. The Kier molecular flexibility index (Phi) is 4.79. The Morgan fingerprint density at radius 1 is 1.29 bits per heavy atom. The van der Waals surface area contributed by atoms with Gasteiger partial charge < -0.3 is 10.3 Å². The molecular weight excluding hydrogens is 302 g/mol. The van der Waals surface area contributed by atoms with E-state index in [1.807, 2.05) is 13.8 Å². The highest BCUT2D eigenvalue weighted by atomic mass is 16.1. The van der Waals surface area contributed by atoms with Gasteiger partial charge in [0.05, 0.1) is 0 Å². The van der Waals surface area contributed by atoms with Crippen LogP contribution in [0.15, 0.2) is 29.1 Å². The maximum absolute atomic E-state index is 12.3. The van der Waals surface area contributed by atoms with Crippen LogP contribution >= 0.6 is 0 Å². The summed E-state index contributed by atoms with van der Waals surface area (Å²) < 4.78 is 0. The molecule has 1 aromatic heterocycles. The third-order valence-electron chi connectivity index (χ3n) is 4.77. The normalized spacial score (nSPS) is 16.5. The van der Waals surface area contributed by atoms with Gasteiger partial charge >= 0.3 is 5.69 Å². The number of H-pyrrole nitrogens is 1. The Balaban J connectivity index is 1.57. The number of hydrogen-bond donors (Lipinski definition) is 2. The third kappa shape index (κ3) is 3.72. The quantitative estimate of drug-likeness (QED) is 0.903. The van der Waals surface area contributed by atoms with E-state index in [2.05, 4.69) is 39.6 Å². The standard InChI is InChI=1S/C19H23N3O2/c1-12-17(13(2)21-19(24)20-12)9-10-18(23)22-16-8-7-14-5-3-4-6-15(14)11-16/h3-6,16H,7-11H2,1-2H3,(H,22,23)(H,20,21,24). The fourth-order valence-electron chi connectivity index (χ4n) is 3.48. The number of carbonyl (C=O) groups excluding carboxylic acids is 1. The van der Waals surface area contributed by atoms with Crippen molar-refractivity contribution >= 4 is 5.91 Å². The molecule has 0 spiro atoms. The minimum absolute atomic E-state index is 0.0596. The Hall–Kier alpha value is -2.43. The van der Waals surface area contributed by atoms with Crippen molar-refractivity contribution in [3.63, 3.8) is 0 Å². The van der Waals surface area contributed by atoms with Crippen molar-refractivity contribution < 1.29 is 4.79 Å². The Labute approximate surface area is 141 Å². The second kappa shape index (κ2) is 6.99. The van der Waals surface area contributed by atoms with Crippen LogP contribution in [0.5, 0.6) is 0 Å². The van der Waals surface area contributed by atoms with Gasteiger partial charge in [0.25, 0.3) is 0 Å². The Morgan fingerprint density at radius 2 is 2.04 bits per heavy atom. The van der Waals surface area contributed by atoms with Crippen molar-refractivity contribution in [2.45, 2.75) is 52.0 Å². The highest BCUT2D eigenvalue weighted by Gasteiger charge is 2.20. The fraction of sp³-hybridized carbons (Fsp3) is 0.421. The predicted octanol–water partition coefficient (Wildman–Crippen LogP) is 1.99. The molecule has 0 aliphatic heterocycles. The minimum atomic E-state index is -0.334. The number of hydrogen-bond acceptors (Lipinski definition) is 3. The maximum atomic E-state index is 12.3. The van der Waals surface area contributed by atoms with E-state index in [9.17, 15) is 9.59 Å². The van der Waals surface area contributed by atoms with Crippen molar-refractivity contribution in [1.82, 2.24) is 15.3 Å². The second-order valence-corrected chi connectivity index (χ2v) is 6.51. The van der Waals surface area contributed by atoms with Crippen molar-refractivity contribution in [1.29, 1.82) is 0 Å². The van der Waals surface area contributed by atoms with Gasteiger partial charge in [-0.1, -0.05) is 24.3 Å². The lowest BCUT2D eigenvalue weighted by molar-refractivity contribution is -0.121. The van der Waals surface area contributed by atoms with E-state index in [1.54, 1.807) is 0 Å². The number of aromatic amines is 1. The van der Waals surface area contributed by atoms with Crippen LogP contribution in [-0.4, -0.2) is 21.9 Å². The first-order valence-corrected chi connectivity index (χ1v) is 8.45. The van der Waals surface area contributed by atoms with E-state index in [0.717, 1.165) is 30.5 Å². The lowest BCUT2D eigenvalue weighted by atomic mass is 9.88. The van der Waals surface area contributed by atoms with Crippen molar-refractivity contribution in [2.24, 2.45) is 0 Å². The highest BCUT2D eigenvalue weighted by Crippen LogP contribution is 2.21. The molecule has 5 nitrogen and oxygen atoms in total. The van der Waals surface area contributed by atoms with Crippen LogP contribution in [0.3, 0.4) is 0 Å². The van der Waals surface area contributed by atoms with Crippen LogP contribution in [0, 0.1) is 13.8 Å². The van der Waals surface area contributed by atoms with E-state index in [0.29, 0.717) is 18.5 Å². The van der Waals surface area contributed by atoms with E-state index < -0.39 is 0 Å². The van der Waals surface area contributed by atoms with Gasteiger partial charge in [0.15, 0.2) is 0 Å². The summed E-state index contributed by atoms with van der Waals surface area (Å²) in [6.45, 7) is 3.66. The third-order valence-corrected chi connectivity index (χ3v) is 4.77. The molecule has 1 aliphatic rings. The summed E-state index contributed by atoms with van der Waals surface area (Å²) in [5.41, 5.74) is 4.86. The molecule has 0 saturated heterocycles. The van der Waals surface area contributed by atoms with Crippen molar-refractivity contribution in [3.05, 3.63) is 62.8 Å². The van der Waals surface area contributed by atoms with Crippen LogP contribution in [0.1, 0.15) is 40.9 Å². The number of carbonyl (C=O) groups is 1. The summed E-state index contributed by atoms with van der Waals surface area (Å²) in [4.78, 5) is 30.2. The zero-order chi connectivity index (χ0) is 17.1. The summed E-state index contributed by atoms with van der Waals surface area (Å²) >= 11 is 0. The number of rotatable bonds is 4. The smallest absolute Gasteiger partial charge is 0.345 e. The molecule has 126 valence electrons. The molecule has 0 bridgehead atoms. The fourth-order valence-corrected chi connectivity index (χ4v) is 3.48. The first-order chi connectivity index (χ1) is 11.5. The molecule has 1 amide bonds. The molecule has 2 N–H and O–H groups in total. The number of nitrogens with zero attached hydrogens (tertiary/aromatic N) is 1. The zero-order valence-corrected chi connectivity index (χ0v) is 14.2. The molecule has 1 aromatic carbocycles. The Bertz CT molecular complexity index is 784. The number of aromatic nitrogens is 2. The molecule has 1 aliphatic carbocycles. The van der Waals surface area contributed by atoms with Crippen LogP contribution in [-0.2, 0) is 24.1 Å². The number of fused-ring (bicyclic) bond motifs is 1. The zero-order valence-electron chi connectivity index (χ0n) is 14.2. The largest absolute Gasteiger partial charge is 0.353 e. The first kappa shape index (κ1) is 16.4. The topological polar surface area (TPSA) is 74.8 Å². The van der Waals surface area contributed by atoms with E-state index in [4.69, 9.17) is 0 Å². The van der Waals surface area contributed by atoms with Crippen LogP contribution in [0.4, 0.5) is 0 Å². The first-order valence-electron chi connectivity index (χ1n) is 8.45. The van der Waals surface area contributed by atoms with Crippen molar-refractivity contribution in [3.8, 4) is 0 Å². The molecule has 3 rings (SSSR count). The molecule has 0 fully saturated rings. The van der Waals surface area contributed by atoms with Crippen LogP contribution < -0.4 is 11.0 Å². The summed E-state index contributed by atoms with van der Waals surface area (Å²) in [6, 6.07) is 8.65. The van der Waals surface area contributed by atoms with Gasteiger partial charge in [-0.15, -0.1) is 0 Å². The molecule has 1 unspecified atom stereocenters. The van der Waals surface area contributed by atoms with Gasteiger partial charge in [-0.25, -0.2) is 4.79 Å². The van der Waals surface area contributed by atoms with Gasteiger partial charge in [0.1, 0.15) is 0 Å². The van der Waals surface area contributed by atoms with Gasteiger partial charge in [0.2, 0.25) is 5.91 Å². The van der Waals surface area contributed by atoms with Gasteiger partial charge in [-0.05, 0) is 56.2 Å². The lowest BCUT2D eigenvalue weighted by Crippen LogP contribution is -2.39. The summed E-state index contributed by atoms with van der Waals surface area (Å²) in [5, 5.41) is 3.15. The molecule has 5 heteroatoms. The average Bonchev–Trinajstić information content (AvgIpc) is 2.53. The molecule has 2 aromatic rings. The SMILES string of the molecule is Cc1nc(=O)[nH]c(C)c1CCC(=O)NC1CCc2ccccc2C1. The van der Waals surface area contributed by atoms with E-state index >= 15 is 0 Å². The molecule has 1 heterocycles. The maximum Gasteiger partial charge on any atom is 0.345 e. The number of amides is 1. The van der Waals surface area contributed by atoms with E-state index in [1.165, 1.54) is 11.1 Å². The number of aryl methyl sites for hydroxylation is 3. The summed E-state index contributed by atoms with van der Waals surface area (Å²) in [6.07, 6.45) is 3.91. The molecule has 0 radical (unpaired) electrons. The van der Waals surface area contributed by atoms with Crippen LogP contribution in [0.2, 0.25) is 0 Å². The van der Waals surface area contributed by atoms with Crippen molar-refractivity contribution in [2.75, 3.05) is 0 Å². The second-order valence-electron chi connectivity index (χ2n) is 6.51. The van der Waals surface area contributed by atoms with Gasteiger partial charge in [-0.2, -0.15) is 4.98 Å². The van der Waals surface area contributed by atoms with Crippen LogP contribution in [0.25, 0.3) is 0 Å². The molecule has 1 atom stereocenters. The lowest BCUT2D eigenvalue weighted by Gasteiger charge is -2.25. The van der Waals surface area contributed by atoms with Gasteiger partial charge in [-0.3, -0.25) is 4.79 Å². The van der Waals surface area contributed by atoms with Gasteiger partial charge in [0, 0.05) is 23.9 Å². The Morgan fingerprint density at radius 3 is 2.79 bits per heavy atom. The molecule has 0 saturated carbocycles. The van der Waals surface area contributed by atoms with E-state index in [-0.39, 0.29) is 17.6 Å². The number of benzene rings is 1. The minimum Gasteiger partial charge on any atom is -0.353 e. The molecular formula is C19H23N3O2. The summed E-state index contributed by atoms with van der Waals surface area (Å²) in [7, 11) is 0.